The van der Waals surface area contributed by atoms with Gasteiger partial charge >= 0.3 is 12.1 Å². The van der Waals surface area contributed by atoms with Gasteiger partial charge in [-0.25, -0.2) is 9.59 Å². The van der Waals surface area contributed by atoms with Gasteiger partial charge in [0.15, 0.2) is 6.17 Å². The molecule has 9 heteroatoms. The van der Waals surface area contributed by atoms with E-state index in [1.54, 1.807) is 53.4 Å². The number of urea groups is 2. The number of carbonyl (C=O) groups is 2. The molecule has 3 aromatic rings. The van der Waals surface area contributed by atoms with Gasteiger partial charge in [0, 0.05) is 28.0 Å². The van der Waals surface area contributed by atoms with Gasteiger partial charge in [-0.1, -0.05) is 53.5 Å². The summed E-state index contributed by atoms with van der Waals surface area (Å²) in [5.74, 6) is 0. The molecule has 35 heavy (non-hydrogen) atoms. The first kappa shape index (κ1) is 24.9. The highest BCUT2D eigenvalue weighted by molar-refractivity contribution is 6.31. The highest BCUT2D eigenvalue weighted by atomic mass is 35.5. The number of anilines is 2. The second kappa shape index (κ2) is 10.2. The van der Waals surface area contributed by atoms with E-state index in [1.807, 2.05) is 44.2 Å². The topological polar surface area (TPSA) is 76.1 Å². The molecular formula is C26H26Cl2N4O3. The van der Waals surface area contributed by atoms with Gasteiger partial charge in [0.1, 0.15) is 0 Å². The first-order valence-corrected chi connectivity index (χ1v) is 11.9. The van der Waals surface area contributed by atoms with Gasteiger partial charge in [0.25, 0.3) is 0 Å². The number of benzene rings is 3. The molecule has 0 radical (unpaired) electrons. The maximum absolute atomic E-state index is 13.7. The fourth-order valence-electron chi connectivity index (χ4n) is 4.29. The summed E-state index contributed by atoms with van der Waals surface area (Å²) < 4.78 is 0. The van der Waals surface area contributed by atoms with Gasteiger partial charge in [-0.05, 0) is 74.4 Å². The van der Waals surface area contributed by atoms with E-state index >= 15 is 0 Å². The Kier molecular flexibility index (Phi) is 7.21. The van der Waals surface area contributed by atoms with Crippen LogP contribution >= 0.6 is 23.2 Å². The van der Waals surface area contributed by atoms with Crippen LogP contribution in [0.2, 0.25) is 10.0 Å². The minimum absolute atomic E-state index is 0.323. The molecule has 1 unspecified atom stereocenters. The standard InChI is InChI=1S/C26H26Cl2N4O3/c1-26(2)23(32(35)24(33)29-21-12-8-19(27)9-13-21)31(22-14-10-20(28)11-15-22)25(34)30(26)17-16-18-6-4-3-5-7-18/h3-15,23,35H,16-17H2,1-2H3,(H,29,33). The van der Waals surface area contributed by atoms with Crippen molar-refractivity contribution in [3.05, 3.63) is 94.5 Å². The normalized spacial score (nSPS) is 16.9. The van der Waals surface area contributed by atoms with Crippen LogP contribution < -0.4 is 10.2 Å². The third kappa shape index (κ3) is 5.22. The van der Waals surface area contributed by atoms with E-state index in [1.165, 1.54) is 4.90 Å². The van der Waals surface area contributed by atoms with Crippen molar-refractivity contribution in [3.63, 3.8) is 0 Å². The molecule has 0 saturated carbocycles. The minimum atomic E-state index is -1.01. The average Bonchev–Trinajstić information content (AvgIpc) is 3.04. The molecule has 182 valence electrons. The Balaban J connectivity index is 1.64. The Morgan fingerprint density at radius 2 is 1.54 bits per heavy atom. The number of hydroxylamine groups is 2. The van der Waals surface area contributed by atoms with Crippen molar-refractivity contribution in [2.45, 2.75) is 32.0 Å². The predicted octanol–water partition coefficient (Wildman–Crippen LogP) is 6.51. The van der Waals surface area contributed by atoms with Crippen LogP contribution in [-0.4, -0.2) is 45.5 Å². The lowest BCUT2D eigenvalue weighted by atomic mass is 9.99. The van der Waals surface area contributed by atoms with Gasteiger partial charge in [-0.3, -0.25) is 10.1 Å². The molecule has 0 spiro atoms. The van der Waals surface area contributed by atoms with Crippen LogP contribution in [0.5, 0.6) is 0 Å². The summed E-state index contributed by atoms with van der Waals surface area (Å²) in [6.07, 6.45) is -0.390. The number of amides is 4. The Bertz CT molecular complexity index is 1190. The summed E-state index contributed by atoms with van der Waals surface area (Å²) in [5.41, 5.74) is 1.12. The van der Waals surface area contributed by atoms with Gasteiger partial charge in [-0.15, -0.1) is 0 Å². The number of rotatable bonds is 6. The van der Waals surface area contributed by atoms with E-state index in [0.29, 0.717) is 39.4 Å². The van der Waals surface area contributed by atoms with E-state index in [2.05, 4.69) is 5.32 Å². The monoisotopic (exact) mass is 512 g/mol. The Hall–Kier alpha value is -3.26. The number of nitrogens with one attached hydrogen (secondary N) is 1. The van der Waals surface area contributed by atoms with Crippen LogP contribution in [0, 0.1) is 0 Å². The lowest BCUT2D eigenvalue weighted by Crippen LogP contribution is -2.58. The number of hydrogen-bond acceptors (Lipinski definition) is 3. The van der Waals surface area contributed by atoms with Crippen molar-refractivity contribution in [2.24, 2.45) is 0 Å². The second-order valence-electron chi connectivity index (χ2n) is 8.83. The Morgan fingerprint density at radius 3 is 2.14 bits per heavy atom. The van der Waals surface area contributed by atoms with Crippen LogP contribution in [0.25, 0.3) is 0 Å². The molecule has 0 aliphatic carbocycles. The number of hydrogen-bond donors (Lipinski definition) is 2. The van der Waals surface area contributed by atoms with E-state index < -0.39 is 17.7 Å². The number of carbonyl (C=O) groups excluding carboxylic acids is 2. The molecule has 4 rings (SSSR count). The molecule has 1 fully saturated rings. The molecule has 7 nitrogen and oxygen atoms in total. The number of halogens is 2. The SMILES string of the molecule is CC1(C)C(N(O)C(=O)Nc2ccc(Cl)cc2)N(c2ccc(Cl)cc2)C(=O)N1CCc1ccccc1. The molecule has 1 aliphatic heterocycles. The van der Waals surface area contributed by atoms with Crippen molar-refractivity contribution in [1.29, 1.82) is 0 Å². The predicted molar refractivity (Wildman–Crippen MR) is 138 cm³/mol. The van der Waals surface area contributed by atoms with Crippen molar-refractivity contribution >= 4 is 46.6 Å². The molecule has 0 aromatic heterocycles. The van der Waals surface area contributed by atoms with E-state index in [4.69, 9.17) is 23.2 Å². The van der Waals surface area contributed by atoms with Crippen molar-refractivity contribution in [2.75, 3.05) is 16.8 Å². The smallest absolute Gasteiger partial charge is 0.315 e. The summed E-state index contributed by atoms with van der Waals surface area (Å²) >= 11 is 12.0. The average molecular weight is 513 g/mol. The summed E-state index contributed by atoms with van der Waals surface area (Å²) in [5, 5.41) is 15.4. The largest absolute Gasteiger partial charge is 0.347 e. The van der Waals surface area contributed by atoms with Crippen LogP contribution in [0.4, 0.5) is 21.0 Å². The maximum Gasteiger partial charge on any atom is 0.347 e. The third-order valence-electron chi connectivity index (χ3n) is 6.12. The van der Waals surface area contributed by atoms with Crippen LogP contribution in [-0.2, 0) is 6.42 Å². The molecule has 1 saturated heterocycles. The fraction of sp³-hybridized carbons (Fsp3) is 0.231. The second-order valence-corrected chi connectivity index (χ2v) is 9.70. The molecule has 4 amide bonds. The highest BCUT2D eigenvalue weighted by Crippen LogP contribution is 2.38. The summed E-state index contributed by atoms with van der Waals surface area (Å²) in [6, 6.07) is 22.0. The molecule has 1 aliphatic rings. The molecule has 1 atom stereocenters. The Labute approximate surface area is 214 Å². The molecule has 2 N–H and O–H groups in total. The van der Waals surface area contributed by atoms with Crippen LogP contribution in [0.3, 0.4) is 0 Å². The lowest BCUT2D eigenvalue weighted by Gasteiger charge is -2.38. The third-order valence-corrected chi connectivity index (χ3v) is 6.62. The fourth-order valence-corrected chi connectivity index (χ4v) is 4.54. The van der Waals surface area contributed by atoms with E-state index in [-0.39, 0.29) is 6.03 Å². The van der Waals surface area contributed by atoms with Crippen LogP contribution in [0.1, 0.15) is 19.4 Å². The quantitative estimate of drug-likeness (QED) is 0.292. The minimum Gasteiger partial charge on any atom is -0.315 e. The Morgan fingerprint density at radius 1 is 0.971 bits per heavy atom. The van der Waals surface area contributed by atoms with Gasteiger partial charge < -0.3 is 10.2 Å². The van der Waals surface area contributed by atoms with Crippen molar-refractivity contribution in [3.8, 4) is 0 Å². The zero-order valence-electron chi connectivity index (χ0n) is 19.4. The number of nitrogens with zero attached hydrogens (tertiary/aromatic N) is 3. The summed E-state index contributed by atoms with van der Waals surface area (Å²) in [6.45, 7) is 4.06. The summed E-state index contributed by atoms with van der Waals surface area (Å²) in [4.78, 5) is 29.8. The van der Waals surface area contributed by atoms with Crippen LogP contribution in [0.15, 0.2) is 78.9 Å². The molecular weight excluding hydrogens is 487 g/mol. The molecule has 1 heterocycles. The van der Waals surface area contributed by atoms with Gasteiger partial charge in [0.2, 0.25) is 0 Å². The maximum atomic E-state index is 13.7. The lowest BCUT2D eigenvalue weighted by molar-refractivity contribution is -0.0947. The van der Waals surface area contributed by atoms with Gasteiger partial charge in [0.05, 0.1) is 5.54 Å². The molecule has 3 aromatic carbocycles. The van der Waals surface area contributed by atoms with E-state index in [0.717, 1.165) is 5.56 Å². The zero-order chi connectivity index (χ0) is 25.2. The van der Waals surface area contributed by atoms with Crippen molar-refractivity contribution in [1.82, 2.24) is 9.96 Å². The van der Waals surface area contributed by atoms with Gasteiger partial charge in [-0.2, -0.15) is 5.06 Å². The molecule has 0 bridgehead atoms. The zero-order valence-corrected chi connectivity index (χ0v) is 20.9. The van der Waals surface area contributed by atoms with E-state index in [9.17, 15) is 14.8 Å². The summed E-state index contributed by atoms with van der Waals surface area (Å²) in [7, 11) is 0. The highest BCUT2D eigenvalue weighted by Gasteiger charge is 2.55. The first-order valence-electron chi connectivity index (χ1n) is 11.1. The first-order chi connectivity index (χ1) is 16.7. The van der Waals surface area contributed by atoms with Crippen molar-refractivity contribution < 1.29 is 14.8 Å².